The minimum absolute atomic E-state index is 0.0353. The van der Waals surface area contributed by atoms with Gasteiger partial charge in [0.1, 0.15) is 23.0 Å². The van der Waals surface area contributed by atoms with E-state index in [-0.39, 0.29) is 23.8 Å². The molecule has 9 heteroatoms. The number of hydrogen-bond donors (Lipinski definition) is 2. The highest BCUT2D eigenvalue weighted by Crippen LogP contribution is 2.25. The van der Waals surface area contributed by atoms with Crippen molar-refractivity contribution >= 4 is 21.6 Å². The fourth-order valence-corrected chi connectivity index (χ4v) is 4.33. The van der Waals surface area contributed by atoms with Gasteiger partial charge in [-0.3, -0.25) is 4.79 Å². The second-order valence-corrected chi connectivity index (χ2v) is 9.24. The second kappa shape index (κ2) is 10.4. The highest BCUT2D eigenvalue weighted by molar-refractivity contribution is 7.89. The van der Waals surface area contributed by atoms with Gasteiger partial charge in [0, 0.05) is 24.1 Å². The van der Waals surface area contributed by atoms with Crippen LogP contribution < -0.4 is 14.8 Å². The topological polar surface area (TPSA) is 111 Å². The van der Waals surface area contributed by atoms with Gasteiger partial charge in [0.05, 0.1) is 24.8 Å². The molecular weight excluding hydrogens is 456 g/mol. The van der Waals surface area contributed by atoms with Gasteiger partial charge in [-0.15, -0.1) is 0 Å². The molecular formula is C25H24N2O6S. The van der Waals surface area contributed by atoms with Crippen molar-refractivity contribution in [3.8, 4) is 17.1 Å². The summed E-state index contributed by atoms with van der Waals surface area (Å²) in [6.07, 6.45) is 2.07. The van der Waals surface area contributed by atoms with Gasteiger partial charge in [-0.1, -0.05) is 6.07 Å². The smallest absolute Gasteiger partial charge is 0.241 e. The summed E-state index contributed by atoms with van der Waals surface area (Å²) in [6.45, 7) is 0.0353. The van der Waals surface area contributed by atoms with E-state index in [1.807, 2.05) is 36.4 Å². The monoisotopic (exact) mass is 480 g/mol. The van der Waals surface area contributed by atoms with Gasteiger partial charge in [0.15, 0.2) is 0 Å². The zero-order chi connectivity index (χ0) is 24.0. The molecule has 0 saturated heterocycles. The van der Waals surface area contributed by atoms with Crippen LogP contribution in [0.2, 0.25) is 0 Å². The van der Waals surface area contributed by atoms with E-state index in [0.717, 1.165) is 11.3 Å². The molecule has 2 heterocycles. The number of carbonyl (C=O) groups is 1. The number of carbonyl (C=O) groups excluding carboxylic acids is 1. The zero-order valence-electron chi connectivity index (χ0n) is 18.5. The van der Waals surface area contributed by atoms with Gasteiger partial charge < -0.3 is 18.9 Å². The van der Waals surface area contributed by atoms with Gasteiger partial charge in [0.2, 0.25) is 15.9 Å². The predicted molar refractivity (Wildman–Crippen MR) is 127 cm³/mol. The second-order valence-electron chi connectivity index (χ2n) is 7.47. The minimum Gasteiger partial charge on any atom is -0.497 e. The molecule has 0 spiro atoms. The van der Waals surface area contributed by atoms with Crippen LogP contribution >= 0.6 is 0 Å². The maximum absolute atomic E-state index is 12.5. The Morgan fingerprint density at radius 3 is 2.53 bits per heavy atom. The molecule has 0 saturated carbocycles. The summed E-state index contributed by atoms with van der Waals surface area (Å²) < 4.78 is 43.7. The summed E-state index contributed by atoms with van der Waals surface area (Å²) in [5, 5.41) is 2.74. The third-order valence-corrected chi connectivity index (χ3v) is 6.48. The van der Waals surface area contributed by atoms with E-state index in [2.05, 4.69) is 10.0 Å². The third kappa shape index (κ3) is 5.94. The van der Waals surface area contributed by atoms with Crippen molar-refractivity contribution in [3.63, 3.8) is 0 Å². The normalized spacial score (nSPS) is 11.3. The van der Waals surface area contributed by atoms with E-state index >= 15 is 0 Å². The number of benzene rings is 2. The molecule has 0 bridgehead atoms. The molecule has 2 N–H and O–H groups in total. The molecule has 2 aromatic heterocycles. The number of ether oxygens (including phenoxy) is 1. The van der Waals surface area contributed by atoms with Crippen LogP contribution in [0.3, 0.4) is 0 Å². The van der Waals surface area contributed by atoms with Crippen molar-refractivity contribution in [2.75, 3.05) is 12.4 Å². The van der Waals surface area contributed by atoms with Gasteiger partial charge in [-0.2, -0.15) is 0 Å². The summed E-state index contributed by atoms with van der Waals surface area (Å²) in [5.41, 5.74) is 1.31. The van der Waals surface area contributed by atoms with E-state index in [1.165, 1.54) is 18.4 Å². The molecule has 0 aliphatic rings. The zero-order valence-corrected chi connectivity index (χ0v) is 19.3. The minimum atomic E-state index is -3.76. The van der Waals surface area contributed by atoms with Crippen LogP contribution in [0.4, 0.5) is 5.69 Å². The lowest BCUT2D eigenvalue weighted by Gasteiger charge is -2.09. The van der Waals surface area contributed by atoms with Crippen LogP contribution in [0, 0.1) is 0 Å². The number of furan rings is 2. The number of aryl methyl sites for hydroxylation is 1. The predicted octanol–water partition coefficient (Wildman–Crippen LogP) is 4.60. The molecule has 0 aliphatic heterocycles. The van der Waals surface area contributed by atoms with E-state index in [1.54, 1.807) is 31.4 Å². The number of hydrogen-bond acceptors (Lipinski definition) is 6. The molecule has 0 unspecified atom stereocenters. The molecule has 0 atom stereocenters. The van der Waals surface area contributed by atoms with Gasteiger partial charge >= 0.3 is 0 Å². The fraction of sp³-hybridized carbons (Fsp3) is 0.160. The molecule has 176 valence electrons. The Bertz CT molecular complexity index is 1340. The quantitative estimate of drug-likeness (QED) is 0.343. The molecule has 1 amide bonds. The number of methoxy groups -OCH3 is 1. The van der Waals surface area contributed by atoms with E-state index in [0.29, 0.717) is 29.4 Å². The average Bonchev–Trinajstić information content (AvgIpc) is 3.54. The molecule has 8 nitrogen and oxygen atoms in total. The molecule has 0 aliphatic carbocycles. The maximum atomic E-state index is 12.5. The summed E-state index contributed by atoms with van der Waals surface area (Å²) >= 11 is 0. The number of anilines is 1. The molecule has 4 rings (SSSR count). The maximum Gasteiger partial charge on any atom is 0.241 e. The molecule has 0 fully saturated rings. The largest absolute Gasteiger partial charge is 0.497 e. The van der Waals surface area contributed by atoms with Crippen LogP contribution in [0.5, 0.6) is 5.75 Å². The molecule has 4 aromatic rings. The Morgan fingerprint density at radius 2 is 1.79 bits per heavy atom. The molecule has 0 radical (unpaired) electrons. The Labute approximate surface area is 197 Å². The van der Waals surface area contributed by atoms with Crippen molar-refractivity contribution in [1.29, 1.82) is 0 Å². The SMILES string of the molecule is COc1ccc(-c2ccc(CCC(=O)Nc3cccc(S(=O)(=O)NCc4ccco4)c3)o2)cc1. The van der Waals surface area contributed by atoms with Crippen molar-refractivity contribution in [2.24, 2.45) is 0 Å². The summed E-state index contributed by atoms with van der Waals surface area (Å²) in [6, 6.07) is 20.7. The first kappa shape index (κ1) is 23.3. The lowest BCUT2D eigenvalue weighted by Crippen LogP contribution is -2.23. The Balaban J connectivity index is 1.32. The summed E-state index contributed by atoms with van der Waals surface area (Å²) in [4.78, 5) is 12.5. The Kier molecular flexibility index (Phi) is 7.15. The molecule has 34 heavy (non-hydrogen) atoms. The van der Waals surface area contributed by atoms with Gasteiger partial charge in [-0.05, 0) is 66.7 Å². The van der Waals surface area contributed by atoms with Crippen molar-refractivity contribution in [2.45, 2.75) is 24.3 Å². The van der Waals surface area contributed by atoms with Crippen LogP contribution in [-0.2, 0) is 27.8 Å². The number of rotatable bonds is 10. The molecule has 2 aromatic carbocycles. The van der Waals surface area contributed by atoms with E-state index in [4.69, 9.17) is 13.6 Å². The van der Waals surface area contributed by atoms with Crippen molar-refractivity contribution in [3.05, 3.63) is 90.6 Å². The highest BCUT2D eigenvalue weighted by atomic mass is 32.2. The van der Waals surface area contributed by atoms with Crippen LogP contribution in [0.25, 0.3) is 11.3 Å². The summed E-state index contributed by atoms with van der Waals surface area (Å²) in [7, 11) is -2.15. The van der Waals surface area contributed by atoms with E-state index in [9.17, 15) is 13.2 Å². The average molecular weight is 481 g/mol. The van der Waals surface area contributed by atoms with E-state index < -0.39 is 10.0 Å². The first-order chi connectivity index (χ1) is 16.4. The number of nitrogens with one attached hydrogen (secondary N) is 2. The van der Waals surface area contributed by atoms with Crippen molar-refractivity contribution < 1.29 is 26.8 Å². The van der Waals surface area contributed by atoms with Crippen LogP contribution in [-0.4, -0.2) is 21.4 Å². The Morgan fingerprint density at radius 1 is 0.971 bits per heavy atom. The van der Waals surface area contributed by atoms with Gasteiger partial charge in [-0.25, -0.2) is 13.1 Å². The fourth-order valence-electron chi connectivity index (χ4n) is 3.29. The number of amides is 1. The third-order valence-electron chi connectivity index (χ3n) is 5.08. The lowest BCUT2D eigenvalue weighted by atomic mass is 10.2. The Hall–Kier alpha value is -3.82. The van der Waals surface area contributed by atoms with Crippen molar-refractivity contribution in [1.82, 2.24) is 4.72 Å². The highest BCUT2D eigenvalue weighted by Gasteiger charge is 2.16. The standard InChI is InChI=1S/C25H24N2O6S/c1-31-20-9-7-18(8-10-20)24-13-11-21(33-24)12-14-25(28)27-19-4-2-6-23(16-19)34(29,30)26-17-22-5-3-15-32-22/h2-11,13,15-16,26H,12,14,17H2,1H3,(H,27,28). The lowest BCUT2D eigenvalue weighted by molar-refractivity contribution is -0.116. The first-order valence-electron chi connectivity index (χ1n) is 10.6. The van der Waals surface area contributed by atoms with Crippen LogP contribution in [0.15, 0.2) is 92.8 Å². The number of sulfonamides is 1. The van der Waals surface area contributed by atoms with Gasteiger partial charge in [0.25, 0.3) is 0 Å². The summed E-state index contributed by atoms with van der Waals surface area (Å²) in [5.74, 6) is 2.40. The first-order valence-corrected chi connectivity index (χ1v) is 12.1. The van der Waals surface area contributed by atoms with Crippen LogP contribution in [0.1, 0.15) is 17.9 Å².